The lowest BCUT2D eigenvalue weighted by molar-refractivity contribution is -0.141. The summed E-state index contributed by atoms with van der Waals surface area (Å²) in [5.74, 6) is -2.17. The Bertz CT molecular complexity index is 2470. The summed E-state index contributed by atoms with van der Waals surface area (Å²) < 4.78 is 12.2. The van der Waals surface area contributed by atoms with Crippen molar-refractivity contribution in [2.75, 3.05) is 53.5 Å². The fraction of sp³-hybridized carbons (Fsp3) is 0.417. The Hall–Kier alpha value is -6.98. The molecule has 1 aliphatic heterocycles. The highest BCUT2D eigenvalue weighted by molar-refractivity contribution is 6.00. The van der Waals surface area contributed by atoms with Crippen molar-refractivity contribution in [1.82, 2.24) is 41.3 Å². The van der Waals surface area contributed by atoms with Crippen LogP contribution in [0.25, 0.3) is 22.5 Å². The molecular weight excluding hydrogens is 857 g/mol. The van der Waals surface area contributed by atoms with Gasteiger partial charge in [0.15, 0.2) is 5.82 Å². The molecule has 0 unspecified atom stereocenters. The van der Waals surface area contributed by atoms with Gasteiger partial charge in [0.05, 0.1) is 17.3 Å². The van der Waals surface area contributed by atoms with Gasteiger partial charge in [0.1, 0.15) is 55.4 Å². The fourth-order valence-corrected chi connectivity index (χ4v) is 7.48. The zero-order valence-corrected chi connectivity index (χ0v) is 39.1. The SMILES string of the molecule is Cc1nc(-c2ccc(C(C)(C)C)cc2)ncc1C(=O)N[C@@H](CCN)C(=O)N(C)[C@@H]1C(=O)N[C@@H](C)C(=O)N[C@H](C(=O)NN(C)CC#N)Cc2ccc(OCCN)c(c2)-c2cc1ccc2OCCN. The van der Waals surface area contributed by atoms with Crippen LogP contribution < -0.4 is 48.1 Å². The lowest BCUT2D eigenvalue weighted by atomic mass is 9.87. The first-order valence-electron chi connectivity index (χ1n) is 22.0. The molecule has 0 radical (unpaired) electrons. The van der Waals surface area contributed by atoms with Crippen LogP contribution >= 0.6 is 0 Å². The molecule has 5 amide bonds. The molecule has 3 aromatic carbocycles. The number of nitrogens with zero attached hydrogens (tertiary/aromatic N) is 5. The number of hydrazine groups is 1. The van der Waals surface area contributed by atoms with Crippen molar-refractivity contribution >= 4 is 29.5 Å². The number of hydrogen-bond acceptors (Lipinski definition) is 14. The van der Waals surface area contributed by atoms with Crippen molar-refractivity contribution in [3.05, 3.63) is 94.8 Å². The minimum atomic E-state index is -1.41. The predicted molar refractivity (Wildman–Crippen MR) is 252 cm³/mol. The Morgan fingerprint density at radius 2 is 1.55 bits per heavy atom. The topological polar surface area (TPSA) is 286 Å². The van der Waals surface area contributed by atoms with Crippen molar-refractivity contribution < 1.29 is 33.4 Å². The predicted octanol–water partition coefficient (Wildman–Crippen LogP) is 1.77. The minimum absolute atomic E-state index is 0.00106. The minimum Gasteiger partial charge on any atom is -0.492 e. The lowest BCUT2D eigenvalue weighted by Gasteiger charge is -2.32. The number of nitrogens with one attached hydrogen (secondary N) is 4. The number of ether oxygens (including phenoxy) is 2. The van der Waals surface area contributed by atoms with Gasteiger partial charge in [0.2, 0.25) is 17.7 Å². The first-order chi connectivity index (χ1) is 31.9. The van der Waals surface area contributed by atoms with Crippen LogP contribution in [0.3, 0.4) is 0 Å². The van der Waals surface area contributed by atoms with Crippen LogP contribution in [0.5, 0.6) is 11.5 Å². The third kappa shape index (κ3) is 12.9. The maximum atomic E-state index is 14.7. The van der Waals surface area contributed by atoms with E-state index in [-0.39, 0.29) is 63.2 Å². The van der Waals surface area contributed by atoms with Crippen LogP contribution in [-0.4, -0.2) is 121 Å². The van der Waals surface area contributed by atoms with Crippen molar-refractivity contribution in [3.63, 3.8) is 0 Å². The number of benzene rings is 3. The summed E-state index contributed by atoms with van der Waals surface area (Å²) in [7, 11) is 2.92. The van der Waals surface area contributed by atoms with Crippen LogP contribution in [0.2, 0.25) is 0 Å². The van der Waals surface area contributed by atoms with Crippen LogP contribution in [0.15, 0.2) is 66.9 Å². The Balaban J connectivity index is 1.56. The van der Waals surface area contributed by atoms with Gasteiger partial charge in [-0.15, -0.1) is 0 Å². The second kappa shape index (κ2) is 23.0. The van der Waals surface area contributed by atoms with Crippen LogP contribution in [0, 0.1) is 18.3 Å². The molecule has 4 aromatic rings. The lowest BCUT2D eigenvalue weighted by Crippen LogP contribution is -2.57. The van der Waals surface area contributed by atoms with E-state index in [1.165, 1.54) is 37.1 Å². The summed E-state index contributed by atoms with van der Waals surface area (Å²) in [4.78, 5) is 81.0. The van der Waals surface area contributed by atoms with E-state index in [1.807, 2.05) is 30.3 Å². The molecule has 5 rings (SSSR count). The zero-order chi connectivity index (χ0) is 49.0. The zero-order valence-electron chi connectivity index (χ0n) is 39.1. The van der Waals surface area contributed by atoms with Gasteiger partial charge >= 0.3 is 0 Å². The highest BCUT2D eigenvalue weighted by atomic mass is 16.5. The van der Waals surface area contributed by atoms with Gasteiger partial charge in [0, 0.05) is 56.5 Å². The van der Waals surface area contributed by atoms with Crippen LogP contribution in [0.4, 0.5) is 0 Å². The van der Waals surface area contributed by atoms with Crippen LogP contribution in [-0.2, 0) is 31.0 Å². The van der Waals surface area contributed by atoms with Gasteiger partial charge in [-0.3, -0.25) is 29.4 Å². The summed E-state index contributed by atoms with van der Waals surface area (Å²) in [6.45, 7) is 10.0. The number of nitriles is 1. The summed E-state index contributed by atoms with van der Waals surface area (Å²) in [6.07, 6.45) is 1.40. The van der Waals surface area contributed by atoms with E-state index >= 15 is 0 Å². The van der Waals surface area contributed by atoms with Crippen molar-refractivity contribution in [2.24, 2.45) is 17.2 Å². The number of aryl methyl sites for hydroxylation is 1. The molecular formula is C48H62N12O7. The van der Waals surface area contributed by atoms with Gasteiger partial charge in [-0.05, 0) is 73.2 Å². The molecule has 4 bridgehead atoms. The maximum Gasteiger partial charge on any atom is 0.257 e. The molecule has 1 aromatic heterocycles. The molecule has 0 aliphatic carbocycles. The second-order valence-electron chi connectivity index (χ2n) is 17.3. The Labute approximate surface area is 391 Å². The normalized spacial score (nSPS) is 16.7. The number of aromatic nitrogens is 2. The summed E-state index contributed by atoms with van der Waals surface area (Å²) >= 11 is 0. The Kier molecular flexibility index (Phi) is 17.5. The molecule has 19 nitrogen and oxygen atoms in total. The van der Waals surface area contributed by atoms with E-state index in [4.69, 9.17) is 26.7 Å². The Morgan fingerprint density at radius 1 is 0.910 bits per heavy atom. The molecule has 4 atom stereocenters. The summed E-state index contributed by atoms with van der Waals surface area (Å²) in [5, 5.41) is 18.7. The molecule has 0 saturated heterocycles. The monoisotopic (exact) mass is 918 g/mol. The van der Waals surface area contributed by atoms with Crippen molar-refractivity contribution in [2.45, 2.75) is 77.0 Å². The number of carbonyl (C=O) groups is 5. The van der Waals surface area contributed by atoms with Crippen LogP contribution in [0.1, 0.15) is 72.9 Å². The van der Waals surface area contributed by atoms with E-state index in [0.717, 1.165) is 11.1 Å². The number of rotatable bonds is 16. The number of fused-ring (bicyclic) bond motifs is 5. The van der Waals surface area contributed by atoms with Gasteiger partial charge < -0.3 is 47.5 Å². The largest absolute Gasteiger partial charge is 0.492 e. The van der Waals surface area contributed by atoms with Gasteiger partial charge in [-0.25, -0.2) is 15.0 Å². The molecule has 10 N–H and O–H groups in total. The average molecular weight is 919 g/mol. The van der Waals surface area contributed by atoms with E-state index < -0.39 is 53.7 Å². The number of carbonyl (C=O) groups excluding carboxylic acids is 5. The summed E-state index contributed by atoms with van der Waals surface area (Å²) in [5.41, 5.74) is 24.6. The second-order valence-corrected chi connectivity index (χ2v) is 17.3. The smallest absolute Gasteiger partial charge is 0.257 e. The number of amides is 5. The fourth-order valence-electron chi connectivity index (χ4n) is 7.48. The molecule has 19 heteroatoms. The van der Waals surface area contributed by atoms with Gasteiger partial charge in [-0.1, -0.05) is 57.2 Å². The maximum absolute atomic E-state index is 14.7. The standard InChI is InChI=1S/C48H62N12O7/c1-28-36(27-53-42(54-28)31-9-12-33(13-10-31)48(3,4)5)44(62)56-37(16-17-49)47(65)60(7)41-32-11-15-40(67-23-20-52)35(26-32)34-24-30(8-14-39(34)66-22-19-51)25-38(45(63)58-59(6)21-18-50)57-43(61)29(2)55-46(41)64/h8-15,24,26-27,29,37-38,41H,16-17,19-23,25,49,51-52H2,1-7H3,(H,55,64)(H,56,62)(H,57,61)(H,58,63)/t29-,37-,38-,41-/m0/s1. The quantitative estimate of drug-likeness (QED) is 0.0623. The first-order valence-corrected chi connectivity index (χ1v) is 22.0. The Morgan fingerprint density at radius 3 is 2.15 bits per heavy atom. The molecule has 1 aliphatic rings. The third-order valence-electron chi connectivity index (χ3n) is 11.1. The average Bonchev–Trinajstić information content (AvgIpc) is 3.29. The molecule has 2 heterocycles. The molecule has 0 spiro atoms. The molecule has 356 valence electrons. The van der Waals surface area contributed by atoms with E-state index in [2.05, 4.69) is 52.1 Å². The number of likely N-dealkylation sites (N-methyl/N-ethyl adjacent to an activating group) is 1. The molecule has 0 saturated carbocycles. The van der Waals surface area contributed by atoms with E-state index in [1.54, 1.807) is 43.3 Å². The first kappa shape index (κ1) is 51.0. The third-order valence-corrected chi connectivity index (χ3v) is 11.1. The number of hydrogen-bond donors (Lipinski definition) is 7. The highest BCUT2D eigenvalue weighted by Gasteiger charge is 2.36. The van der Waals surface area contributed by atoms with Gasteiger partial charge in [0.25, 0.3) is 11.8 Å². The van der Waals surface area contributed by atoms with Crippen molar-refractivity contribution in [3.8, 4) is 40.1 Å². The molecule has 67 heavy (non-hydrogen) atoms. The van der Waals surface area contributed by atoms with Crippen molar-refractivity contribution in [1.29, 1.82) is 5.26 Å². The summed E-state index contributed by atoms with van der Waals surface area (Å²) in [6, 6.07) is 15.0. The van der Waals surface area contributed by atoms with E-state index in [0.29, 0.717) is 45.3 Å². The van der Waals surface area contributed by atoms with E-state index in [9.17, 15) is 29.2 Å². The molecule has 0 fully saturated rings. The highest BCUT2D eigenvalue weighted by Crippen LogP contribution is 2.40. The van der Waals surface area contributed by atoms with Gasteiger partial charge in [-0.2, -0.15) is 5.26 Å². The number of nitrogens with two attached hydrogens (primary N) is 3.